The van der Waals surface area contributed by atoms with Crippen molar-refractivity contribution in [2.75, 3.05) is 10.6 Å². The first-order valence-corrected chi connectivity index (χ1v) is 10.3. The number of amides is 1. The van der Waals surface area contributed by atoms with Gasteiger partial charge in [0.25, 0.3) is 5.91 Å². The maximum absolute atomic E-state index is 12.9. The normalized spacial score (nSPS) is 14.1. The minimum Gasteiger partial charge on any atom is -0.354 e. The number of nitrogens with zero attached hydrogens (tertiary/aromatic N) is 1. The van der Waals surface area contributed by atoms with E-state index in [1.807, 2.05) is 60.8 Å². The molecule has 1 aromatic heterocycles. The topological polar surface area (TPSA) is 69.8 Å². The summed E-state index contributed by atoms with van der Waals surface area (Å²) >= 11 is 0. The summed E-state index contributed by atoms with van der Waals surface area (Å²) in [6.45, 7) is 0. The number of imidazole rings is 1. The van der Waals surface area contributed by atoms with E-state index in [2.05, 4.69) is 44.9 Å². The van der Waals surface area contributed by atoms with E-state index in [4.69, 9.17) is 0 Å². The number of hydrogen-bond acceptors (Lipinski definition) is 3. The molecule has 2 heterocycles. The summed E-state index contributed by atoms with van der Waals surface area (Å²) in [5, 5.41) is 6.48. The van der Waals surface area contributed by atoms with Crippen LogP contribution in [0.15, 0.2) is 91.4 Å². The first-order chi connectivity index (χ1) is 15.3. The molecule has 1 aliphatic heterocycles. The molecule has 0 saturated heterocycles. The molecule has 3 aromatic carbocycles. The number of para-hydroxylation sites is 1. The molecule has 31 heavy (non-hydrogen) atoms. The molecule has 0 saturated carbocycles. The van der Waals surface area contributed by atoms with E-state index in [9.17, 15) is 4.79 Å². The summed E-state index contributed by atoms with van der Waals surface area (Å²) in [4.78, 5) is 20.1. The SMILES string of the molecule is O=C1Nc2ccccc2C1=C(Nc1ccc(CCc2c[nH]cn2)cc1)c1ccccc1. The highest BCUT2D eigenvalue weighted by Gasteiger charge is 2.27. The zero-order chi connectivity index (χ0) is 21.0. The second kappa shape index (κ2) is 8.32. The van der Waals surface area contributed by atoms with Crippen molar-refractivity contribution >= 4 is 28.6 Å². The van der Waals surface area contributed by atoms with E-state index in [1.54, 1.807) is 6.33 Å². The second-order valence-electron chi connectivity index (χ2n) is 7.50. The Balaban J connectivity index is 1.46. The van der Waals surface area contributed by atoms with E-state index >= 15 is 0 Å². The standard InChI is InChI=1S/C26H22N4O/c31-26-24(22-8-4-5-9-23(22)30-26)25(19-6-2-1-3-7-19)29-20-13-10-18(11-14-20)12-15-21-16-27-17-28-21/h1-11,13-14,16-17,29H,12,15H2,(H,27,28)(H,30,31). The minimum atomic E-state index is -0.0943. The van der Waals surface area contributed by atoms with Crippen molar-refractivity contribution < 1.29 is 4.79 Å². The van der Waals surface area contributed by atoms with Gasteiger partial charge in [0.15, 0.2) is 0 Å². The van der Waals surface area contributed by atoms with Gasteiger partial charge in [-0.1, -0.05) is 60.7 Å². The quantitative estimate of drug-likeness (QED) is 0.389. The molecular formula is C26H22N4O. The van der Waals surface area contributed by atoms with Gasteiger partial charge in [-0.3, -0.25) is 4.79 Å². The van der Waals surface area contributed by atoms with Gasteiger partial charge in [-0.15, -0.1) is 0 Å². The van der Waals surface area contributed by atoms with E-state index in [1.165, 1.54) is 5.56 Å². The predicted molar refractivity (Wildman–Crippen MR) is 124 cm³/mol. The molecule has 3 N–H and O–H groups in total. The van der Waals surface area contributed by atoms with Crippen molar-refractivity contribution in [2.24, 2.45) is 0 Å². The molecule has 0 aliphatic carbocycles. The van der Waals surface area contributed by atoms with Crippen LogP contribution in [-0.2, 0) is 17.6 Å². The van der Waals surface area contributed by atoms with Crippen LogP contribution in [0, 0.1) is 0 Å². The molecule has 0 fully saturated rings. The number of H-pyrrole nitrogens is 1. The number of anilines is 2. The van der Waals surface area contributed by atoms with Gasteiger partial charge >= 0.3 is 0 Å². The molecule has 4 aromatic rings. The highest BCUT2D eigenvalue weighted by atomic mass is 16.2. The van der Waals surface area contributed by atoms with Crippen molar-refractivity contribution in [2.45, 2.75) is 12.8 Å². The van der Waals surface area contributed by atoms with E-state index in [0.717, 1.165) is 46.7 Å². The molecule has 0 atom stereocenters. The van der Waals surface area contributed by atoms with Crippen LogP contribution in [0.4, 0.5) is 11.4 Å². The summed E-state index contributed by atoms with van der Waals surface area (Å²) in [5.74, 6) is -0.0943. The molecular weight excluding hydrogens is 384 g/mol. The first-order valence-electron chi connectivity index (χ1n) is 10.3. The maximum Gasteiger partial charge on any atom is 0.258 e. The van der Waals surface area contributed by atoms with Crippen LogP contribution in [-0.4, -0.2) is 15.9 Å². The number of nitrogens with one attached hydrogen (secondary N) is 3. The molecule has 5 nitrogen and oxygen atoms in total. The largest absolute Gasteiger partial charge is 0.354 e. The van der Waals surface area contributed by atoms with Crippen molar-refractivity contribution in [1.82, 2.24) is 9.97 Å². The lowest BCUT2D eigenvalue weighted by atomic mass is 10.00. The van der Waals surface area contributed by atoms with Gasteiger partial charge in [0.05, 0.1) is 23.3 Å². The Morgan fingerprint density at radius 3 is 2.42 bits per heavy atom. The number of benzene rings is 3. The van der Waals surface area contributed by atoms with Crippen LogP contribution in [0.25, 0.3) is 11.3 Å². The highest BCUT2D eigenvalue weighted by Crippen LogP contribution is 2.37. The molecule has 1 amide bonds. The number of aryl methyl sites for hydroxylation is 2. The molecule has 0 radical (unpaired) electrons. The molecule has 5 rings (SSSR count). The summed E-state index contributed by atoms with van der Waals surface area (Å²) in [6.07, 6.45) is 5.46. The van der Waals surface area contributed by atoms with E-state index in [0.29, 0.717) is 5.57 Å². The van der Waals surface area contributed by atoms with Crippen LogP contribution < -0.4 is 10.6 Å². The lowest BCUT2D eigenvalue weighted by Gasteiger charge is -2.15. The predicted octanol–water partition coefficient (Wildman–Crippen LogP) is 5.13. The van der Waals surface area contributed by atoms with Crippen LogP contribution >= 0.6 is 0 Å². The van der Waals surface area contributed by atoms with Crippen LogP contribution in [0.2, 0.25) is 0 Å². The van der Waals surface area contributed by atoms with Crippen LogP contribution in [0.1, 0.15) is 22.4 Å². The summed E-state index contributed by atoms with van der Waals surface area (Å²) in [5.41, 5.74) is 7.41. The summed E-state index contributed by atoms with van der Waals surface area (Å²) < 4.78 is 0. The van der Waals surface area contributed by atoms with Gasteiger partial charge in [0, 0.05) is 23.1 Å². The molecule has 1 aliphatic rings. The molecule has 152 valence electrons. The number of carbonyl (C=O) groups excluding carboxylic acids is 1. The number of rotatable bonds is 6. The average Bonchev–Trinajstić information content (AvgIpc) is 3.45. The number of hydrogen-bond donors (Lipinski definition) is 3. The van der Waals surface area contributed by atoms with Crippen LogP contribution in [0.5, 0.6) is 0 Å². The monoisotopic (exact) mass is 406 g/mol. The molecule has 5 heteroatoms. The third-order valence-electron chi connectivity index (χ3n) is 5.43. The van der Waals surface area contributed by atoms with Crippen molar-refractivity contribution in [3.8, 4) is 0 Å². The number of fused-ring (bicyclic) bond motifs is 1. The Bertz CT molecular complexity index is 1230. The smallest absolute Gasteiger partial charge is 0.258 e. The van der Waals surface area contributed by atoms with Gasteiger partial charge in [-0.2, -0.15) is 0 Å². The van der Waals surface area contributed by atoms with E-state index < -0.39 is 0 Å². The van der Waals surface area contributed by atoms with Crippen LogP contribution in [0.3, 0.4) is 0 Å². The third kappa shape index (κ3) is 3.98. The van der Waals surface area contributed by atoms with E-state index in [-0.39, 0.29) is 5.91 Å². The number of aromatic amines is 1. The Kier molecular flexibility index (Phi) is 5.07. The lowest BCUT2D eigenvalue weighted by molar-refractivity contribution is -0.110. The van der Waals surface area contributed by atoms with Crippen molar-refractivity contribution in [1.29, 1.82) is 0 Å². The van der Waals surface area contributed by atoms with Gasteiger partial charge in [-0.25, -0.2) is 4.98 Å². The number of carbonyl (C=O) groups is 1. The Morgan fingerprint density at radius 1 is 0.871 bits per heavy atom. The fourth-order valence-electron chi connectivity index (χ4n) is 3.85. The van der Waals surface area contributed by atoms with Gasteiger partial charge in [0.1, 0.15) is 0 Å². The highest BCUT2D eigenvalue weighted by molar-refractivity contribution is 6.37. The second-order valence-corrected chi connectivity index (χ2v) is 7.50. The summed E-state index contributed by atoms with van der Waals surface area (Å²) in [6, 6.07) is 26.1. The summed E-state index contributed by atoms with van der Waals surface area (Å²) in [7, 11) is 0. The maximum atomic E-state index is 12.9. The Labute approximate surface area is 180 Å². The molecule has 0 bridgehead atoms. The minimum absolute atomic E-state index is 0.0943. The Morgan fingerprint density at radius 2 is 1.65 bits per heavy atom. The van der Waals surface area contributed by atoms with Crippen molar-refractivity contribution in [3.63, 3.8) is 0 Å². The van der Waals surface area contributed by atoms with Crippen molar-refractivity contribution in [3.05, 3.63) is 114 Å². The Hall–Kier alpha value is -4.12. The van der Waals surface area contributed by atoms with Gasteiger partial charge < -0.3 is 15.6 Å². The first kappa shape index (κ1) is 18.9. The molecule has 0 unspecified atom stereocenters. The fraction of sp³-hybridized carbons (Fsp3) is 0.0769. The fourth-order valence-corrected chi connectivity index (χ4v) is 3.85. The third-order valence-corrected chi connectivity index (χ3v) is 5.43. The zero-order valence-corrected chi connectivity index (χ0v) is 16.9. The molecule has 0 spiro atoms. The van der Waals surface area contributed by atoms with Gasteiger partial charge in [0.2, 0.25) is 0 Å². The lowest BCUT2D eigenvalue weighted by Crippen LogP contribution is -2.10. The number of aromatic nitrogens is 2. The van der Waals surface area contributed by atoms with Gasteiger partial charge in [-0.05, 0) is 42.2 Å². The average molecular weight is 406 g/mol. The zero-order valence-electron chi connectivity index (χ0n) is 16.9.